The summed E-state index contributed by atoms with van der Waals surface area (Å²) < 4.78 is 5.67. The number of aromatic nitrogens is 1. The third-order valence-electron chi connectivity index (χ3n) is 10.0. The number of ether oxygens (including phenoxy) is 1. The molecule has 1 aliphatic heterocycles. The molecule has 1 saturated heterocycles. The fourth-order valence-corrected chi connectivity index (χ4v) is 7.71. The Morgan fingerprint density at radius 2 is 1.50 bits per heavy atom. The van der Waals surface area contributed by atoms with E-state index in [4.69, 9.17) is 9.72 Å². The summed E-state index contributed by atoms with van der Waals surface area (Å²) in [6.07, 6.45) is 4.49. The highest BCUT2D eigenvalue weighted by Gasteiger charge is 2.67. The molecule has 0 radical (unpaired) electrons. The van der Waals surface area contributed by atoms with Crippen molar-refractivity contribution in [1.29, 1.82) is 0 Å². The number of benzene rings is 3. The SMILES string of the molecule is Cc1ccc(C(=O)C(C)OC(=O)c2cc(-c3ccc(N4C(=O)C5C6C=CC(C7CC67)C5C4=O)cc3)nc3ccccc23)cc1. The summed E-state index contributed by atoms with van der Waals surface area (Å²) in [7, 11) is 0. The van der Waals surface area contributed by atoms with E-state index in [1.807, 2.05) is 49.4 Å². The standard InChI is InChI=1S/C37H30N2O5/c1-19-7-9-22(10-8-19)34(40)20(2)44-37(43)29-18-31(38-30-6-4-3-5-24(29)30)21-11-13-23(14-12-21)39-35(41)32-25-15-16-26(28-17-27(25)28)33(32)36(39)42/h3-16,18,20,25-28,32-33H,17H2,1-2H3. The molecule has 5 aliphatic rings. The largest absolute Gasteiger partial charge is 0.451 e. The lowest BCUT2D eigenvalue weighted by Gasteiger charge is -2.37. The Labute approximate surface area is 254 Å². The van der Waals surface area contributed by atoms with E-state index in [1.165, 1.54) is 4.90 Å². The highest BCUT2D eigenvalue weighted by Crippen LogP contribution is 2.65. The third-order valence-corrected chi connectivity index (χ3v) is 10.0. The van der Waals surface area contributed by atoms with Crippen LogP contribution in [0.15, 0.2) is 91.0 Å². The molecular weight excluding hydrogens is 552 g/mol. The van der Waals surface area contributed by atoms with Crippen LogP contribution in [0.3, 0.4) is 0 Å². The molecule has 7 atom stereocenters. The van der Waals surface area contributed by atoms with Gasteiger partial charge in [-0.15, -0.1) is 0 Å². The second kappa shape index (κ2) is 9.81. The molecule has 2 bridgehead atoms. The summed E-state index contributed by atoms with van der Waals surface area (Å²) >= 11 is 0. The van der Waals surface area contributed by atoms with Gasteiger partial charge in [-0.2, -0.15) is 0 Å². The van der Waals surface area contributed by atoms with E-state index in [-0.39, 0.29) is 41.3 Å². The zero-order chi connectivity index (χ0) is 30.3. The first-order valence-electron chi connectivity index (χ1n) is 15.2. The quantitative estimate of drug-likeness (QED) is 0.116. The van der Waals surface area contributed by atoms with Crippen LogP contribution in [0.5, 0.6) is 0 Å². The number of carbonyl (C=O) groups is 4. The fourth-order valence-electron chi connectivity index (χ4n) is 7.71. The van der Waals surface area contributed by atoms with Gasteiger partial charge in [0.15, 0.2) is 6.10 Å². The van der Waals surface area contributed by atoms with E-state index in [9.17, 15) is 19.2 Å². The topological polar surface area (TPSA) is 93.6 Å². The number of para-hydroxylation sites is 1. The Kier molecular flexibility index (Phi) is 5.95. The molecule has 4 aromatic rings. The van der Waals surface area contributed by atoms with Crippen molar-refractivity contribution in [1.82, 2.24) is 4.98 Å². The van der Waals surface area contributed by atoms with Crippen LogP contribution in [-0.2, 0) is 14.3 Å². The van der Waals surface area contributed by atoms with E-state index in [0.29, 0.717) is 45.2 Å². The number of hydrogen-bond acceptors (Lipinski definition) is 6. The van der Waals surface area contributed by atoms with Crippen molar-refractivity contribution in [3.05, 3.63) is 108 Å². The van der Waals surface area contributed by atoms with Crippen molar-refractivity contribution in [2.24, 2.45) is 35.5 Å². The van der Waals surface area contributed by atoms with Crippen molar-refractivity contribution >= 4 is 40.2 Å². The van der Waals surface area contributed by atoms with Gasteiger partial charge in [0, 0.05) is 16.5 Å². The third kappa shape index (κ3) is 4.06. The summed E-state index contributed by atoms with van der Waals surface area (Å²) in [5.41, 5.74) is 4.22. The van der Waals surface area contributed by atoms with Gasteiger partial charge in [0.1, 0.15) is 0 Å². The minimum Gasteiger partial charge on any atom is -0.451 e. The minimum absolute atomic E-state index is 0.0967. The molecular formula is C37H30N2O5. The minimum atomic E-state index is -0.976. The molecule has 4 aliphatic carbocycles. The van der Waals surface area contributed by atoms with Crippen LogP contribution < -0.4 is 4.90 Å². The number of allylic oxidation sites excluding steroid dienone is 2. The predicted molar refractivity (Wildman–Crippen MR) is 165 cm³/mol. The van der Waals surface area contributed by atoms with Crippen molar-refractivity contribution in [2.45, 2.75) is 26.4 Å². The predicted octanol–water partition coefficient (Wildman–Crippen LogP) is 6.20. The normalized spacial score (nSPS) is 26.8. The number of Topliss-reactive ketones (excluding diaryl/α,β-unsaturated/α-hetero) is 1. The van der Waals surface area contributed by atoms with Crippen LogP contribution >= 0.6 is 0 Å². The molecule has 0 N–H and O–H groups in total. The van der Waals surface area contributed by atoms with Gasteiger partial charge in [0.2, 0.25) is 17.6 Å². The zero-order valence-corrected chi connectivity index (χ0v) is 24.3. The van der Waals surface area contributed by atoms with Crippen molar-refractivity contribution < 1.29 is 23.9 Å². The first kappa shape index (κ1) is 26.7. The lowest BCUT2D eigenvalue weighted by Crippen LogP contribution is -2.40. The Hall–Kier alpha value is -4.91. The van der Waals surface area contributed by atoms with Gasteiger partial charge in [0.05, 0.1) is 34.3 Å². The lowest BCUT2D eigenvalue weighted by atomic mass is 9.63. The average molecular weight is 583 g/mol. The number of amides is 2. The number of esters is 1. The molecule has 2 heterocycles. The van der Waals surface area contributed by atoms with E-state index >= 15 is 0 Å². The second-order valence-corrected chi connectivity index (χ2v) is 12.6. The summed E-state index contributed by atoms with van der Waals surface area (Å²) in [6.45, 7) is 3.52. The van der Waals surface area contributed by atoms with Crippen LogP contribution in [0.1, 0.15) is 39.6 Å². The first-order valence-corrected chi connectivity index (χ1v) is 15.2. The molecule has 7 heteroatoms. The number of ketones is 1. The number of anilines is 1. The Morgan fingerprint density at radius 1 is 0.864 bits per heavy atom. The second-order valence-electron chi connectivity index (χ2n) is 12.6. The highest BCUT2D eigenvalue weighted by atomic mass is 16.5. The number of aryl methyl sites for hydroxylation is 1. The molecule has 44 heavy (non-hydrogen) atoms. The van der Waals surface area contributed by atoms with Crippen molar-refractivity contribution in [3.63, 3.8) is 0 Å². The number of fused-ring (bicyclic) bond motifs is 1. The van der Waals surface area contributed by atoms with Gasteiger partial charge in [-0.05, 0) is 68.2 Å². The van der Waals surface area contributed by atoms with Crippen molar-refractivity contribution in [3.8, 4) is 11.3 Å². The fraction of sp³-hybridized carbons (Fsp3) is 0.270. The number of nitrogens with zero attached hydrogens (tertiary/aromatic N) is 2. The Bertz CT molecular complexity index is 1870. The lowest BCUT2D eigenvalue weighted by molar-refractivity contribution is -0.124. The smallest absolute Gasteiger partial charge is 0.339 e. The molecule has 3 fully saturated rings. The molecule has 7 unspecified atom stereocenters. The summed E-state index contributed by atoms with van der Waals surface area (Å²) in [5, 5.41) is 0.616. The van der Waals surface area contributed by atoms with Crippen LogP contribution in [-0.4, -0.2) is 34.7 Å². The Morgan fingerprint density at radius 3 is 2.16 bits per heavy atom. The number of imide groups is 1. The molecule has 1 aromatic heterocycles. The summed E-state index contributed by atoms with van der Waals surface area (Å²) in [6, 6.07) is 23.3. The zero-order valence-electron chi connectivity index (χ0n) is 24.3. The van der Waals surface area contributed by atoms with Gasteiger partial charge in [0.25, 0.3) is 0 Å². The van der Waals surface area contributed by atoms with E-state index in [0.717, 1.165) is 17.5 Å². The summed E-state index contributed by atoms with van der Waals surface area (Å²) in [5.74, 6) is -0.153. The van der Waals surface area contributed by atoms with Crippen molar-refractivity contribution in [2.75, 3.05) is 4.90 Å². The number of rotatable bonds is 6. The number of hydrogen-bond donors (Lipinski definition) is 0. The van der Waals surface area contributed by atoms with Gasteiger partial charge in [-0.25, -0.2) is 9.78 Å². The van der Waals surface area contributed by atoms with Crippen LogP contribution in [0.2, 0.25) is 0 Å². The number of pyridine rings is 1. The molecule has 2 amide bonds. The monoisotopic (exact) mass is 582 g/mol. The molecule has 0 spiro atoms. The van der Waals surface area contributed by atoms with Gasteiger partial charge >= 0.3 is 5.97 Å². The van der Waals surface area contributed by atoms with E-state index in [2.05, 4.69) is 12.2 Å². The highest BCUT2D eigenvalue weighted by molar-refractivity contribution is 6.22. The van der Waals surface area contributed by atoms with Crippen LogP contribution in [0, 0.1) is 42.4 Å². The summed E-state index contributed by atoms with van der Waals surface area (Å²) in [4.78, 5) is 59.7. The van der Waals surface area contributed by atoms with Gasteiger partial charge < -0.3 is 4.74 Å². The van der Waals surface area contributed by atoms with Gasteiger partial charge in [-0.1, -0.05) is 72.3 Å². The molecule has 9 rings (SSSR count). The average Bonchev–Trinajstić information content (AvgIpc) is 3.83. The first-order chi connectivity index (χ1) is 21.3. The molecule has 2 saturated carbocycles. The maximum Gasteiger partial charge on any atom is 0.339 e. The number of carbonyl (C=O) groups excluding carboxylic acids is 4. The molecule has 7 nitrogen and oxygen atoms in total. The van der Waals surface area contributed by atoms with Gasteiger partial charge in [-0.3, -0.25) is 19.3 Å². The maximum atomic E-state index is 13.6. The molecule has 3 aromatic carbocycles. The molecule has 218 valence electrons. The van der Waals surface area contributed by atoms with E-state index < -0.39 is 12.1 Å². The van der Waals surface area contributed by atoms with E-state index in [1.54, 1.807) is 43.3 Å². The van der Waals surface area contributed by atoms with Crippen LogP contribution in [0.4, 0.5) is 5.69 Å². The Balaban J connectivity index is 1.07. The van der Waals surface area contributed by atoms with Crippen LogP contribution in [0.25, 0.3) is 22.2 Å². The maximum absolute atomic E-state index is 13.6.